The quantitative estimate of drug-likeness (QED) is 0.414. The number of likely N-dealkylation sites (N-methyl/N-ethyl adjacent to an activating group) is 1. The van der Waals surface area contributed by atoms with Crippen molar-refractivity contribution in [1.82, 2.24) is 15.5 Å². The number of carbonyl (C=O) groups excluding carboxylic acids is 1. The molecule has 0 saturated heterocycles. The highest BCUT2D eigenvalue weighted by molar-refractivity contribution is 5.94. The van der Waals surface area contributed by atoms with Gasteiger partial charge < -0.3 is 26.0 Å². The molecule has 0 aliphatic carbocycles. The predicted molar refractivity (Wildman–Crippen MR) is 113 cm³/mol. The number of rotatable bonds is 9. The zero-order valence-electron chi connectivity index (χ0n) is 17.4. The summed E-state index contributed by atoms with van der Waals surface area (Å²) >= 11 is 0. The number of carbonyl (C=O) groups is 1. The van der Waals surface area contributed by atoms with Gasteiger partial charge in [-0.3, -0.25) is 4.79 Å². The first-order valence-corrected chi connectivity index (χ1v) is 9.53. The van der Waals surface area contributed by atoms with Gasteiger partial charge in [-0.15, -0.1) is 13.2 Å². The van der Waals surface area contributed by atoms with Gasteiger partial charge in [0.2, 0.25) is 0 Å². The lowest BCUT2D eigenvalue weighted by atomic mass is 10.1. The van der Waals surface area contributed by atoms with Crippen LogP contribution in [0, 0.1) is 0 Å². The van der Waals surface area contributed by atoms with Crippen molar-refractivity contribution in [3.8, 4) is 5.75 Å². The molecule has 2 aromatic carbocycles. The number of benzene rings is 2. The van der Waals surface area contributed by atoms with Crippen LogP contribution in [0.15, 0.2) is 53.5 Å². The lowest BCUT2D eigenvalue weighted by Gasteiger charge is -2.11. The van der Waals surface area contributed by atoms with Crippen LogP contribution in [0.25, 0.3) is 0 Å². The van der Waals surface area contributed by atoms with E-state index in [1.165, 1.54) is 24.3 Å². The first-order valence-electron chi connectivity index (χ1n) is 9.53. The molecule has 1 amide bonds. The fourth-order valence-electron chi connectivity index (χ4n) is 2.54. The molecule has 0 bridgehead atoms. The number of ether oxygens (including phenoxy) is 1. The average Bonchev–Trinajstić information content (AvgIpc) is 2.70. The van der Waals surface area contributed by atoms with E-state index in [1.807, 2.05) is 25.1 Å². The third-order valence-corrected chi connectivity index (χ3v) is 4.10. The summed E-state index contributed by atoms with van der Waals surface area (Å²) in [5.74, 6) is -0.267. The van der Waals surface area contributed by atoms with Crippen LogP contribution in [-0.4, -0.2) is 50.3 Å². The van der Waals surface area contributed by atoms with Crippen LogP contribution in [0.1, 0.15) is 21.5 Å². The molecular formula is C21H26F3N5O2. The second-order valence-corrected chi connectivity index (χ2v) is 7.01. The Kier molecular flexibility index (Phi) is 8.68. The maximum Gasteiger partial charge on any atom is 0.573 e. The molecule has 0 unspecified atom stereocenters. The fraction of sp³-hybridized carbons (Fsp3) is 0.333. The molecule has 0 radical (unpaired) electrons. The molecule has 0 aliphatic rings. The zero-order valence-corrected chi connectivity index (χ0v) is 17.4. The summed E-state index contributed by atoms with van der Waals surface area (Å²) in [6.07, 6.45) is -4.72. The smallest absolute Gasteiger partial charge is 0.406 e. The number of nitrogens with one attached hydrogen (secondary N) is 2. The third-order valence-electron chi connectivity index (χ3n) is 4.10. The van der Waals surface area contributed by atoms with Gasteiger partial charge in [0.1, 0.15) is 5.75 Å². The maximum absolute atomic E-state index is 12.2. The summed E-state index contributed by atoms with van der Waals surface area (Å²) in [5, 5.41) is 5.75. The highest BCUT2D eigenvalue weighted by atomic mass is 19.4. The van der Waals surface area contributed by atoms with Gasteiger partial charge in [0.15, 0.2) is 5.96 Å². The van der Waals surface area contributed by atoms with E-state index in [1.54, 1.807) is 18.2 Å². The van der Waals surface area contributed by atoms with Crippen LogP contribution < -0.4 is 21.1 Å². The second kappa shape index (κ2) is 11.2. The molecule has 10 heteroatoms. The summed E-state index contributed by atoms with van der Waals surface area (Å²) in [4.78, 5) is 18.4. The molecule has 31 heavy (non-hydrogen) atoms. The SMILES string of the molecule is CN(C)CCNC(=O)c1cccc(CN=C(N)NCc2ccc(OC(F)(F)F)cc2)c1. The molecule has 168 valence electrons. The van der Waals surface area contributed by atoms with Crippen molar-refractivity contribution in [2.24, 2.45) is 10.7 Å². The Balaban J connectivity index is 1.84. The second-order valence-electron chi connectivity index (χ2n) is 7.01. The number of aliphatic imine (C=N–C) groups is 1. The minimum absolute atomic E-state index is 0.156. The Labute approximate surface area is 179 Å². The number of nitrogens with zero attached hydrogens (tertiary/aromatic N) is 2. The van der Waals surface area contributed by atoms with Crippen LogP contribution in [0.3, 0.4) is 0 Å². The molecule has 2 aromatic rings. The van der Waals surface area contributed by atoms with Gasteiger partial charge in [-0.1, -0.05) is 24.3 Å². The summed E-state index contributed by atoms with van der Waals surface area (Å²) in [5.41, 5.74) is 7.93. The van der Waals surface area contributed by atoms with Gasteiger partial charge in [-0.05, 0) is 49.5 Å². The van der Waals surface area contributed by atoms with E-state index in [0.717, 1.165) is 12.1 Å². The molecule has 0 spiro atoms. The van der Waals surface area contributed by atoms with Crippen molar-refractivity contribution in [1.29, 1.82) is 0 Å². The van der Waals surface area contributed by atoms with Crippen LogP contribution in [0.2, 0.25) is 0 Å². The number of hydrogen-bond acceptors (Lipinski definition) is 4. The summed E-state index contributed by atoms with van der Waals surface area (Å²) in [6.45, 7) is 1.86. The lowest BCUT2D eigenvalue weighted by Crippen LogP contribution is -2.31. The number of hydrogen-bond donors (Lipinski definition) is 3. The van der Waals surface area contributed by atoms with Crippen LogP contribution in [0.5, 0.6) is 5.75 Å². The van der Waals surface area contributed by atoms with Crippen molar-refractivity contribution in [3.63, 3.8) is 0 Å². The van der Waals surface area contributed by atoms with Gasteiger partial charge in [0.25, 0.3) is 5.91 Å². The van der Waals surface area contributed by atoms with E-state index >= 15 is 0 Å². The third kappa shape index (κ3) is 9.39. The number of amides is 1. The van der Waals surface area contributed by atoms with Crippen LogP contribution in [0.4, 0.5) is 13.2 Å². The van der Waals surface area contributed by atoms with Gasteiger partial charge >= 0.3 is 6.36 Å². The molecule has 0 fully saturated rings. The molecule has 2 rings (SSSR count). The normalized spacial score (nSPS) is 12.0. The fourth-order valence-corrected chi connectivity index (χ4v) is 2.54. The predicted octanol–water partition coefficient (Wildman–Crippen LogP) is 2.48. The minimum Gasteiger partial charge on any atom is -0.406 e. The Bertz CT molecular complexity index is 883. The highest BCUT2D eigenvalue weighted by Gasteiger charge is 2.30. The summed E-state index contributed by atoms with van der Waals surface area (Å²) < 4.78 is 40.4. The number of alkyl halides is 3. The highest BCUT2D eigenvalue weighted by Crippen LogP contribution is 2.22. The average molecular weight is 437 g/mol. The molecule has 4 N–H and O–H groups in total. The number of halogens is 3. The van der Waals surface area contributed by atoms with Gasteiger partial charge in [-0.2, -0.15) is 0 Å². The summed E-state index contributed by atoms with van der Waals surface area (Å²) in [7, 11) is 3.86. The van der Waals surface area contributed by atoms with Crippen molar-refractivity contribution >= 4 is 11.9 Å². The van der Waals surface area contributed by atoms with Crippen molar-refractivity contribution in [2.45, 2.75) is 19.5 Å². The molecule has 0 aliphatic heterocycles. The van der Waals surface area contributed by atoms with E-state index in [2.05, 4.69) is 20.4 Å². The van der Waals surface area contributed by atoms with E-state index in [-0.39, 0.29) is 30.7 Å². The number of nitrogens with two attached hydrogens (primary N) is 1. The molecule has 7 nitrogen and oxygen atoms in total. The zero-order chi connectivity index (χ0) is 22.9. The molecule has 0 atom stereocenters. The van der Waals surface area contributed by atoms with E-state index in [4.69, 9.17) is 5.73 Å². The summed E-state index contributed by atoms with van der Waals surface area (Å²) in [6, 6.07) is 12.6. The van der Waals surface area contributed by atoms with Crippen molar-refractivity contribution < 1.29 is 22.7 Å². The lowest BCUT2D eigenvalue weighted by molar-refractivity contribution is -0.274. The topological polar surface area (TPSA) is 92.0 Å². The standard InChI is InChI=1S/C21H26F3N5O2/c1-29(2)11-10-26-19(30)17-5-3-4-16(12-17)14-28-20(25)27-13-15-6-8-18(9-7-15)31-21(22,23)24/h3-9,12H,10-11,13-14H2,1-2H3,(H,26,30)(H3,25,27,28). The van der Waals surface area contributed by atoms with E-state index in [9.17, 15) is 18.0 Å². The largest absolute Gasteiger partial charge is 0.573 e. The first kappa shape index (κ1) is 24.0. The number of guanidine groups is 1. The minimum atomic E-state index is -4.72. The first-order chi connectivity index (χ1) is 14.6. The molecule has 0 aromatic heterocycles. The Hall–Kier alpha value is -3.27. The van der Waals surface area contributed by atoms with Crippen LogP contribution >= 0.6 is 0 Å². The van der Waals surface area contributed by atoms with Gasteiger partial charge in [0.05, 0.1) is 6.54 Å². The van der Waals surface area contributed by atoms with Gasteiger partial charge in [0, 0.05) is 25.2 Å². The van der Waals surface area contributed by atoms with Crippen LogP contribution in [-0.2, 0) is 13.1 Å². The van der Waals surface area contributed by atoms with E-state index in [0.29, 0.717) is 17.7 Å². The maximum atomic E-state index is 12.2. The van der Waals surface area contributed by atoms with E-state index < -0.39 is 6.36 Å². The van der Waals surface area contributed by atoms with Crippen molar-refractivity contribution in [2.75, 3.05) is 27.2 Å². The molecule has 0 heterocycles. The Morgan fingerprint density at radius 2 is 1.81 bits per heavy atom. The molecule has 0 saturated carbocycles. The molecular weight excluding hydrogens is 411 g/mol. The van der Waals surface area contributed by atoms with Gasteiger partial charge in [-0.25, -0.2) is 4.99 Å². The van der Waals surface area contributed by atoms with Crippen molar-refractivity contribution in [3.05, 3.63) is 65.2 Å². The Morgan fingerprint density at radius 3 is 2.45 bits per heavy atom. The Morgan fingerprint density at radius 1 is 1.10 bits per heavy atom. The monoisotopic (exact) mass is 437 g/mol.